The van der Waals surface area contributed by atoms with Gasteiger partial charge in [0.1, 0.15) is 30.5 Å². The Morgan fingerprint density at radius 3 is 2.66 bits per heavy atom. The fourth-order valence-corrected chi connectivity index (χ4v) is 4.27. The number of anilines is 1. The van der Waals surface area contributed by atoms with Gasteiger partial charge in [0.25, 0.3) is 5.91 Å². The van der Waals surface area contributed by atoms with E-state index in [0.29, 0.717) is 16.0 Å². The normalized spacial score (nSPS) is 13.8. The Labute approximate surface area is 231 Å². The lowest BCUT2D eigenvalue weighted by molar-refractivity contribution is -0.142. The van der Waals surface area contributed by atoms with E-state index >= 15 is 0 Å². The van der Waals surface area contributed by atoms with Crippen LogP contribution in [0.1, 0.15) is 41.4 Å². The molecule has 4 rings (SSSR count). The number of amides is 3. The summed E-state index contributed by atoms with van der Waals surface area (Å²) in [6.07, 6.45) is -4.33. The molecule has 12 nitrogen and oxygen atoms in total. The summed E-state index contributed by atoms with van der Waals surface area (Å²) in [7, 11) is 1.05. The highest BCUT2D eigenvalue weighted by Crippen LogP contribution is 2.26. The van der Waals surface area contributed by atoms with Crippen LogP contribution < -0.4 is 5.32 Å². The minimum absolute atomic E-state index is 0.0169. The number of nitrogens with one attached hydrogen (secondary N) is 1. The second kappa shape index (κ2) is 11.9. The Bertz CT molecular complexity index is 1460. The number of tetrazole rings is 1. The number of carbonyl (C=O) groups excluding carboxylic acids is 3. The molecule has 3 aromatic rings. The predicted molar refractivity (Wildman–Crippen MR) is 135 cm³/mol. The minimum atomic E-state index is -4.55. The third-order valence-corrected chi connectivity index (χ3v) is 6.22. The molecule has 0 aliphatic carbocycles. The second-order valence-electron chi connectivity index (χ2n) is 9.49. The molecule has 1 aliphatic heterocycles. The maximum absolute atomic E-state index is 14.9. The van der Waals surface area contributed by atoms with E-state index in [4.69, 9.17) is 4.74 Å². The summed E-state index contributed by atoms with van der Waals surface area (Å²) in [5, 5.41) is 14.0. The number of carbonyl (C=O) groups is 3. The SMILES string of the molecule is CC(=O)OC[C@@H](C)n1nnnc1-c1cccc(NC(=O)c2cc3c(cc2F)CCN(C(=O)N(C)CC(F)(F)F)C3)n1. The van der Waals surface area contributed by atoms with Crippen molar-refractivity contribution in [1.82, 2.24) is 35.0 Å². The van der Waals surface area contributed by atoms with Gasteiger partial charge in [-0.3, -0.25) is 9.59 Å². The van der Waals surface area contributed by atoms with Crippen molar-refractivity contribution in [3.8, 4) is 11.5 Å². The summed E-state index contributed by atoms with van der Waals surface area (Å²) in [5.41, 5.74) is 0.954. The van der Waals surface area contributed by atoms with Crippen molar-refractivity contribution < 1.29 is 36.7 Å². The number of nitrogens with zero attached hydrogens (tertiary/aromatic N) is 7. The van der Waals surface area contributed by atoms with Gasteiger partial charge in [0, 0.05) is 27.1 Å². The number of aromatic nitrogens is 5. The lowest BCUT2D eigenvalue weighted by Gasteiger charge is -2.33. The van der Waals surface area contributed by atoms with Gasteiger partial charge in [-0.15, -0.1) is 5.10 Å². The van der Waals surface area contributed by atoms with Crippen molar-refractivity contribution >= 4 is 23.7 Å². The Kier molecular flexibility index (Phi) is 8.49. The molecule has 0 saturated carbocycles. The maximum Gasteiger partial charge on any atom is 0.406 e. The number of esters is 1. The van der Waals surface area contributed by atoms with Crippen LogP contribution in [0.4, 0.5) is 28.2 Å². The first kappa shape index (κ1) is 29.4. The van der Waals surface area contributed by atoms with Crippen molar-refractivity contribution in [3.63, 3.8) is 0 Å². The van der Waals surface area contributed by atoms with Crippen molar-refractivity contribution in [2.75, 3.05) is 32.1 Å². The molecule has 3 heterocycles. The zero-order chi connectivity index (χ0) is 29.9. The molecule has 0 saturated heterocycles. The van der Waals surface area contributed by atoms with Gasteiger partial charge in [0.2, 0.25) is 5.82 Å². The van der Waals surface area contributed by atoms with Crippen LogP contribution in [0.15, 0.2) is 30.3 Å². The topological polar surface area (TPSA) is 135 Å². The molecule has 1 aliphatic rings. The Morgan fingerprint density at radius 1 is 1.20 bits per heavy atom. The maximum atomic E-state index is 14.9. The molecule has 2 aromatic heterocycles. The summed E-state index contributed by atoms with van der Waals surface area (Å²) >= 11 is 0. The molecule has 1 aromatic carbocycles. The van der Waals surface area contributed by atoms with Gasteiger partial charge in [0.05, 0.1) is 11.6 Å². The quantitative estimate of drug-likeness (QED) is 0.334. The molecule has 3 amide bonds. The summed E-state index contributed by atoms with van der Waals surface area (Å²) in [6.45, 7) is 1.64. The van der Waals surface area contributed by atoms with E-state index in [-0.39, 0.29) is 49.0 Å². The number of benzene rings is 1. The molecule has 218 valence electrons. The van der Waals surface area contributed by atoms with E-state index < -0.39 is 42.5 Å². The van der Waals surface area contributed by atoms with E-state index in [0.717, 1.165) is 7.05 Å². The molecule has 0 fully saturated rings. The average Bonchev–Trinajstić information content (AvgIpc) is 3.40. The molecule has 0 radical (unpaired) electrons. The van der Waals surface area contributed by atoms with E-state index in [1.807, 2.05) is 0 Å². The highest BCUT2D eigenvalue weighted by Gasteiger charge is 2.34. The summed E-state index contributed by atoms with van der Waals surface area (Å²) < 4.78 is 59.5. The van der Waals surface area contributed by atoms with E-state index in [2.05, 4.69) is 25.8 Å². The van der Waals surface area contributed by atoms with Crippen LogP contribution in [0, 0.1) is 5.82 Å². The van der Waals surface area contributed by atoms with Crippen LogP contribution in [-0.4, -0.2) is 85.8 Å². The molecule has 0 unspecified atom stereocenters. The van der Waals surface area contributed by atoms with Crippen LogP contribution >= 0.6 is 0 Å². The summed E-state index contributed by atoms with van der Waals surface area (Å²) in [4.78, 5) is 42.8. The summed E-state index contributed by atoms with van der Waals surface area (Å²) in [6, 6.07) is 5.88. The third-order valence-electron chi connectivity index (χ3n) is 6.22. The largest absolute Gasteiger partial charge is 0.464 e. The van der Waals surface area contributed by atoms with Gasteiger partial charge >= 0.3 is 18.2 Å². The standard InChI is InChI=1S/C25H26F4N8O4/c1-14(12-41-15(2)38)37-22(32-33-34-37)20-5-4-6-21(30-20)31-23(39)18-9-17-11-36(8-7-16(17)10-19(18)26)24(40)35(3)13-25(27,28)29/h4-6,9-10,14H,7-8,11-13H2,1-3H3,(H,30,31,39)/t14-/m1/s1. The van der Waals surface area contributed by atoms with E-state index in [1.165, 1.54) is 34.7 Å². The first-order valence-electron chi connectivity index (χ1n) is 12.4. The molecular formula is C25H26F4N8O4. The lowest BCUT2D eigenvalue weighted by Crippen LogP contribution is -2.46. The number of hydrogen-bond donors (Lipinski definition) is 1. The lowest BCUT2D eigenvalue weighted by atomic mass is 9.96. The fourth-order valence-electron chi connectivity index (χ4n) is 4.27. The van der Waals surface area contributed by atoms with E-state index in [1.54, 1.807) is 19.1 Å². The second-order valence-corrected chi connectivity index (χ2v) is 9.49. The van der Waals surface area contributed by atoms with Crippen LogP contribution in [0.3, 0.4) is 0 Å². The number of fused-ring (bicyclic) bond motifs is 1. The van der Waals surface area contributed by atoms with Gasteiger partial charge < -0.3 is 19.9 Å². The van der Waals surface area contributed by atoms with Crippen LogP contribution in [0.5, 0.6) is 0 Å². The highest BCUT2D eigenvalue weighted by molar-refractivity contribution is 6.04. The van der Waals surface area contributed by atoms with Gasteiger partial charge in [0.15, 0.2) is 0 Å². The van der Waals surface area contributed by atoms with Crippen molar-refractivity contribution in [2.24, 2.45) is 0 Å². The Morgan fingerprint density at radius 2 is 1.95 bits per heavy atom. The van der Waals surface area contributed by atoms with Gasteiger partial charge in [-0.05, 0) is 59.2 Å². The number of rotatable bonds is 7. The van der Waals surface area contributed by atoms with E-state index in [9.17, 15) is 31.9 Å². The zero-order valence-electron chi connectivity index (χ0n) is 22.3. The first-order valence-corrected chi connectivity index (χ1v) is 12.4. The Balaban J connectivity index is 1.50. The van der Waals surface area contributed by atoms with Crippen molar-refractivity contribution in [3.05, 3.63) is 52.8 Å². The third kappa shape index (κ3) is 7.12. The number of urea groups is 1. The van der Waals surface area contributed by atoms with Crippen LogP contribution in [-0.2, 0) is 22.5 Å². The van der Waals surface area contributed by atoms with Gasteiger partial charge in [-0.25, -0.2) is 18.9 Å². The molecule has 1 atom stereocenters. The number of hydrogen-bond acceptors (Lipinski definition) is 8. The first-order chi connectivity index (χ1) is 19.3. The minimum Gasteiger partial charge on any atom is -0.464 e. The number of pyridine rings is 1. The average molecular weight is 579 g/mol. The number of halogens is 4. The predicted octanol–water partition coefficient (Wildman–Crippen LogP) is 3.22. The van der Waals surface area contributed by atoms with Gasteiger partial charge in [-0.1, -0.05) is 6.07 Å². The highest BCUT2D eigenvalue weighted by atomic mass is 19.4. The zero-order valence-corrected chi connectivity index (χ0v) is 22.3. The van der Waals surface area contributed by atoms with Crippen molar-refractivity contribution in [1.29, 1.82) is 0 Å². The molecular weight excluding hydrogens is 552 g/mol. The van der Waals surface area contributed by atoms with Crippen molar-refractivity contribution in [2.45, 2.75) is 39.0 Å². The Hall–Kier alpha value is -4.63. The fraction of sp³-hybridized carbons (Fsp3) is 0.400. The number of ether oxygens (including phenoxy) is 1. The van der Waals surface area contributed by atoms with Crippen LogP contribution in [0.2, 0.25) is 0 Å². The number of alkyl halides is 3. The molecule has 16 heteroatoms. The molecule has 1 N–H and O–H groups in total. The molecule has 41 heavy (non-hydrogen) atoms. The monoisotopic (exact) mass is 578 g/mol. The smallest absolute Gasteiger partial charge is 0.406 e. The molecule has 0 spiro atoms. The summed E-state index contributed by atoms with van der Waals surface area (Å²) in [5.74, 6) is -1.78. The van der Waals surface area contributed by atoms with Crippen LogP contribution in [0.25, 0.3) is 11.5 Å². The van der Waals surface area contributed by atoms with Gasteiger partial charge in [-0.2, -0.15) is 13.2 Å². The molecule has 0 bridgehead atoms.